The Morgan fingerprint density at radius 2 is 1.86 bits per heavy atom. The monoisotopic (exact) mass is 390 g/mol. The number of halogens is 1. The second-order valence-electron chi connectivity index (χ2n) is 6.70. The molecule has 2 heterocycles. The Kier molecular flexibility index (Phi) is 4.84. The zero-order valence-electron chi connectivity index (χ0n) is 15.6. The van der Waals surface area contributed by atoms with Crippen LogP contribution in [0.2, 0.25) is 5.02 Å². The van der Waals surface area contributed by atoms with E-state index in [2.05, 4.69) is 15.4 Å². The van der Waals surface area contributed by atoms with Gasteiger partial charge >= 0.3 is 0 Å². The first-order chi connectivity index (χ1) is 13.5. The summed E-state index contributed by atoms with van der Waals surface area (Å²) in [6.07, 6.45) is 0. The van der Waals surface area contributed by atoms with E-state index in [4.69, 9.17) is 11.6 Å². The fraction of sp³-hybridized carbons (Fsp3) is 0.136. The fourth-order valence-electron chi connectivity index (χ4n) is 3.29. The summed E-state index contributed by atoms with van der Waals surface area (Å²) in [5.41, 5.74) is 4.57. The van der Waals surface area contributed by atoms with Crippen LogP contribution in [-0.2, 0) is 6.54 Å². The van der Waals surface area contributed by atoms with Crippen LogP contribution in [0.4, 0.5) is 5.69 Å². The Balaban J connectivity index is 1.75. The zero-order chi connectivity index (χ0) is 19.7. The largest absolute Gasteiger partial charge is 0.322 e. The van der Waals surface area contributed by atoms with Gasteiger partial charge in [0.05, 0.1) is 23.2 Å². The van der Waals surface area contributed by atoms with Gasteiger partial charge in [-0.2, -0.15) is 5.10 Å². The number of carbonyl (C=O) groups is 1. The van der Waals surface area contributed by atoms with Crippen LogP contribution in [-0.4, -0.2) is 20.7 Å². The standard InChI is InChI=1S/C22H19ClN4O/c1-14-11-19(22(28)25-18-10-6-9-17(23)12-18)20-15(2)26-27(21(20)24-14)13-16-7-4-3-5-8-16/h3-12H,13H2,1-2H3,(H,25,28). The number of anilines is 1. The van der Waals surface area contributed by atoms with Crippen molar-refractivity contribution in [2.75, 3.05) is 5.32 Å². The minimum atomic E-state index is -0.208. The van der Waals surface area contributed by atoms with Gasteiger partial charge in [-0.25, -0.2) is 9.67 Å². The van der Waals surface area contributed by atoms with Crippen LogP contribution < -0.4 is 5.32 Å². The van der Waals surface area contributed by atoms with Gasteiger partial charge in [0.25, 0.3) is 5.91 Å². The average molecular weight is 391 g/mol. The molecule has 140 valence electrons. The van der Waals surface area contributed by atoms with Crippen LogP contribution in [0.5, 0.6) is 0 Å². The molecule has 0 radical (unpaired) electrons. The third-order valence-corrected chi connectivity index (χ3v) is 4.74. The van der Waals surface area contributed by atoms with Crippen molar-refractivity contribution in [3.8, 4) is 0 Å². The van der Waals surface area contributed by atoms with Crippen molar-refractivity contribution in [1.82, 2.24) is 14.8 Å². The third-order valence-electron chi connectivity index (χ3n) is 4.51. The van der Waals surface area contributed by atoms with Gasteiger partial charge < -0.3 is 5.32 Å². The number of nitrogens with one attached hydrogen (secondary N) is 1. The Labute approximate surface area is 168 Å². The van der Waals surface area contributed by atoms with E-state index in [1.165, 1.54) is 0 Å². The quantitative estimate of drug-likeness (QED) is 0.533. The van der Waals surface area contributed by atoms with Gasteiger partial charge in [-0.05, 0) is 43.7 Å². The van der Waals surface area contributed by atoms with Gasteiger partial charge in [0.2, 0.25) is 0 Å². The number of carbonyl (C=O) groups excluding carboxylic acids is 1. The Hall–Kier alpha value is -3.18. The smallest absolute Gasteiger partial charge is 0.256 e. The molecular weight excluding hydrogens is 372 g/mol. The summed E-state index contributed by atoms with van der Waals surface area (Å²) in [4.78, 5) is 17.6. The number of rotatable bonds is 4. The summed E-state index contributed by atoms with van der Waals surface area (Å²) in [6.45, 7) is 4.37. The first-order valence-electron chi connectivity index (χ1n) is 8.97. The van der Waals surface area contributed by atoms with Crippen LogP contribution in [0.3, 0.4) is 0 Å². The zero-order valence-corrected chi connectivity index (χ0v) is 16.4. The molecule has 1 amide bonds. The molecule has 6 heteroatoms. The second-order valence-corrected chi connectivity index (χ2v) is 7.14. The molecule has 2 aromatic heterocycles. The molecule has 4 rings (SSSR count). The van der Waals surface area contributed by atoms with Gasteiger partial charge in [0.1, 0.15) is 0 Å². The lowest BCUT2D eigenvalue weighted by Crippen LogP contribution is -2.13. The predicted octanol–water partition coefficient (Wildman–Crippen LogP) is 5.00. The second kappa shape index (κ2) is 7.44. The van der Waals surface area contributed by atoms with Crippen molar-refractivity contribution >= 4 is 34.2 Å². The molecule has 1 N–H and O–H groups in total. The SMILES string of the molecule is Cc1cc(C(=O)Nc2cccc(Cl)c2)c2c(C)nn(Cc3ccccc3)c2n1. The van der Waals surface area contributed by atoms with Crippen molar-refractivity contribution < 1.29 is 4.79 Å². The maximum atomic E-state index is 13.0. The molecule has 0 spiro atoms. The molecule has 0 atom stereocenters. The average Bonchev–Trinajstić information content (AvgIpc) is 2.97. The van der Waals surface area contributed by atoms with Crippen LogP contribution in [0, 0.1) is 13.8 Å². The van der Waals surface area contributed by atoms with E-state index in [1.807, 2.05) is 48.9 Å². The fourth-order valence-corrected chi connectivity index (χ4v) is 3.48. The van der Waals surface area contributed by atoms with E-state index in [0.29, 0.717) is 28.5 Å². The van der Waals surface area contributed by atoms with E-state index in [-0.39, 0.29) is 5.91 Å². The van der Waals surface area contributed by atoms with Crippen LogP contribution in [0.1, 0.15) is 27.3 Å². The Morgan fingerprint density at radius 1 is 1.07 bits per heavy atom. The highest BCUT2D eigenvalue weighted by Gasteiger charge is 2.19. The van der Waals surface area contributed by atoms with E-state index in [9.17, 15) is 4.79 Å². The van der Waals surface area contributed by atoms with Gasteiger partial charge in [0, 0.05) is 16.4 Å². The normalized spacial score (nSPS) is 11.0. The lowest BCUT2D eigenvalue weighted by molar-refractivity contribution is 0.102. The minimum absolute atomic E-state index is 0.208. The number of aryl methyl sites for hydroxylation is 2. The number of hydrogen-bond donors (Lipinski definition) is 1. The molecule has 0 aliphatic rings. The lowest BCUT2D eigenvalue weighted by Gasteiger charge is -2.09. The topological polar surface area (TPSA) is 59.8 Å². The first-order valence-corrected chi connectivity index (χ1v) is 9.34. The number of hydrogen-bond acceptors (Lipinski definition) is 3. The number of benzene rings is 2. The lowest BCUT2D eigenvalue weighted by atomic mass is 10.1. The number of nitrogens with zero attached hydrogens (tertiary/aromatic N) is 3. The molecule has 2 aromatic carbocycles. The molecule has 0 fully saturated rings. The molecule has 28 heavy (non-hydrogen) atoms. The van der Waals surface area contributed by atoms with Crippen molar-refractivity contribution in [2.45, 2.75) is 20.4 Å². The molecule has 0 saturated carbocycles. The third kappa shape index (κ3) is 3.62. The van der Waals surface area contributed by atoms with Crippen molar-refractivity contribution in [3.63, 3.8) is 0 Å². The highest BCUT2D eigenvalue weighted by molar-refractivity contribution is 6.31. The van der Waals surface area contributed by atoms with Gasteiger partial charge in [-0.1, -0.05) is 48.0 Å². The van der Waals surface area contributed by atoms with Crippen molar-refractivity contribution in [3.05, 3.63) is 88.2 Å². The first kappa shape index (κ1) is 18.2. The van der Waals surface area contributed by atoms with E-state index < -0.39 is 0 Å². The van der Waals surface area contributed by atoms with E-state index in [0.717, 1.165) is 22.3 Å². The van der Waals surface area contributed by atoms with Gasteiger partial charge in [-0.3, -0.25) is 4.79 Å². The predicted molar refractivity (Wildman–Crippen MR) is 112 cm³/mol. The van der Waals surface area contributed by atoms with Crippen molar-refractivity contribution in [1.29, 1.82) is 0 Å². The molecule has 0 bridgehead atoms. The number of pyridine rings is 1. The Morgan fingerprint density at radius 3 is 2.61 bits per heavy atom. The summed E-state index contributed by atoms with van der Waals surface area (Å²) < 4.78 is 1.85. The van der Waals surface area contributed by atoms with E-state index in [1.54, 1.807) is 30.3 Å². The van der Waals surface area contributed by atoms with Crippen LogP contribution in [0.25, 0.3) is 11.0 Å². The van der Waals surface area contributed by atoms with Crippen LogP contribution >= 0.6 is 11.6 Å². The highest BCUT2D eigenvalue weighted by Crippen LogP contribution is 2.24. The molecule has 0 unspecified atom stereocenters. The molecule has 0 aliphatic carbocycles. The number of aromatic nitrogens is 3. The maximum Gasteiger partial charge on any atom is 0.256 e. The minimum Gasteiger partial charge on any atom is -0.322 e. The van der Waals surface area contributed by atoms with Crippen LogP contribution in [0.15, 0.2) is 60.7 Å². The number of fused-ring (bicyclic) bond motifs is 1. The summed E-state index contributed by atoms with van der Waals surface area (Å²) in [6, 6.07) is 19.0. The Bertz CT molecular complexity index is 1170. The molecule has 0 saturated heterocycles. The van der Waals surface area contributed by atoms with Crippen molar-refractivity contribution in [2.24, 2.45) is 0 Å². The molecular formula is C22H19ClN4O. The molecule has 4 aromatic rings. The highest BCUT2D eigenvalue weighted by atomic mass is 35.5. The molecule has 5 nitrogen and oxygen atoms in total. The summed E-state index contributed by atoms with van der Waals surface area (Å²) in [5.74, 6) is -0.208. The molecule has 0 aliphatic heterocycles. The van der Waals surface area contributed by atoms with Gasteiger partial charge in [0.15, 0.2) is 5.65 Å². The van der Waals surface area contributed by atoms with E-state index >= 15 is 0 Å². The summed E-state index contributed by atoms with van der Waals surface area (Å²) in [7, 11) is 0. The van der Waals surface area contributed by atoms with Gasteiger partial charge in [-0.15, -0.1) is 0 Å². The maximum absolute atomic E-state index is 13.0. The number of amides is 1. The summed E-state index contributed by atoms with van der Waals surface area (Å²) in [5, 5.41) is 8.89. The summed E-state index contributed by atoms with van der Waals surface area (Å²) >= 11 is 6.03.